The summed E-state index contributed by atoms with van der Waals surface area (Å²) in [5, 5.41) is 0. The molecule has 0 amide bonds. The van der Waals surface area contributed by atoms with Crippen molar-refractivity contribution in [2.45, 2.75) is 19.6 Å². The van der Waals surface area contributed by atoms with Crippen LogP contribution in [0.25, 0.3) is 11.2 Å². The molecule has 4 nitrogen and oxygen atoms in total. The second-order valence-electron chi connectivity index (χ2n) is 3.47. The molecule has 2 heterocycles. The zero-order chi connectivity index (χ0) is 11.9. The van der Waals surface area contributed by atoms with E-state index in [1.54, 1.807) is 19.1 Å². The highest BCUT2D eigenvalue weighted by Crippen LogP contribution is 2.23. The average Bonchev–Trinajstić information content (AvgIpc) is 2.42. The fraction of sp³-hybridized carbons (Fsp3) is 0.333. The van der Waals surface area contributed by atoms with Gasteiger partial charge in [-0.1, -0.05) is 0 Å². The molecule has 0 aliphatic heterocycles. The number of fused-ring (bicyclic) bond motifs is 1. The SMILES string of the molecule is Cc1ccc2nc(N)n(CC(F)(F)F)c2n1. The molecule has 0 aliphatic rings. The molecular weight excluding hydrogens is 221 g/mol. The molecule has 0 atom stereocenters. The van der Waals surface area contributed by atoms with Crippen molar-refractivity contribution in [2.75, 3.05) is 5.73 Å². The maximum absolute atomic E-state index is 12.3. The quantitative estimate of drug-likeness (QED) is 0.813. The Balaban J connectivity index is 2.58. The van der Waals surface area contributed by atoms with Crippen LogP contribution in [0.4, 0.5) is 19.1 Å². The van der Waals surface area contributed by atoms with Crippen LogP contribution in [0.15, 0.2) is 12.1 Å². The molecule has 2 aromatic rings. The monoisotopic (exact) mass is 230 g/mol. The van der Waals surface area contributed by atoms with Gasteiger partial charge in [-0.15, -0.1) is 0 Å². The Hall–Kier alpha value is -1.79. The van der Waals surface area contributed by atoms with Crippen molar-refractivity contribution in [3.63, 3.8) is 0 Å². The van der Waals surface area contributed by atoms with Gasteiger partial charge in [-0.25, -0.2) is 9.97 Å². The van der Waals surface area contributed by atoms with E-state index in [0.29, 0.717) is 11.2 Å². The number of hydrogen-bond donors (Lipinski definition) is 1. The maximum atomic E-state index is 12.3. The van der Waals surface area contributed by atoms with Crippen LogP contribution in [-0.4, -0.2) is 20.7 Å². The number of alkyl halides is 3. The number of halogens is 3. The van der Waals surface area contributed by atoms with Crippen molar-refractivity contribution in [3.05, 3.63) is 17.8 Å². The molecule has 0 aromatic carbocycles. The van der Waals surface area contributed by atoms with Gasteiger partial charge in [0.25, 0.3) is 0 Å². The minimum Gasteiger partial charge on any atom is -0.369 e. The average molecular weight is 230 g/mol. The number of nitrogens with zero attached hydrogens (tertiary/aromatic N) is 3. The smallest absolute Gasteiger partial charge is 0.369 e. The number of anilines is 1. The van der Waals surface area contributed by atoms with Gasteiger partial charge in [0.05, 0.1) is 0 Å². The van der Waals surface area contributed by atoms with Crippen molar-refractivity contribution < 1.29 is 13.2 Å². The lowest BCUT2D eigenvalue weighted by atomic mass is 10.3. The molecule has 0 unspecified atom stereocenters. The third-order valence-electron chi connectivity index (χ3n) is 2.10. The summed E-state index contributed by atoms with van der Waals surface area (Å²) in [6.07, 6.45) is -4.34. The lowest BCUT2D eigenvalue weighted by molar-refractivity contribution is -0.139. The van der Waals surface area contributed by atoms with E-state index in [0.717, 1.165) is 4.57 Å². The lowest BCUT2D eigenvalue weighted by Gasteiger charge is -2.09. The number of imidazole rings is 1. The summed E-state index contributed by atoms with van der Waals surface area (Å²) in [6.45, 7) is 0.520. The molecule has 16 heavy (non-hydrogen) atoms. The third-order valence-corrected chi connectivity index (χ3v) is 2.10. The van der Waals surface area contributed by atoms with Crippen LogP contribution in [0.3, 0.4) is 0 Å². The zero-order valence-electron chi connectivity index (χ0n) is 8.41. The van der Waals surface area contributed by atoms with Gasteiger partial charge in [0.15, 0.2) is 5.65 Å². The molecule has 86 valence electrons. The van der Waals surface area contributed by atoms with Crippen LogP contribution in [-0.2, 0) is 6.54 Å². The summed E-state index contributed by atoms with van der Waals surface area (Å²) in [5.74, 6) is -0.176. The molecule has 2 N–H and O–H groups in total. The van der Waals surface area contributed by atoms with Gasteiger partial charge in [-0.3, -0.25) is 4.57 Å². The summed E-state index contributed by atoms with van der Waals surface area (Å²) in [4.78, 5) is 7.82. The van der Waals surface area contributed by atoms with E-state index in [1.165, 1.54) is 0 Å². The normalized spacial score (nSPS) is 12.2. The number of aromatic nitrogens is 3. The first kappa shape index (κ1) is 10.7. The highest BCUT2D eigenvalue weighted by Gasteiger charge is 2.30. The highest BCUT2D eigenvalue weighted by molar-refractivity contribution is 5.74. The Morgan fingerprint density at radius 1 is 1.31 bits per heavy atom. The van der Waals surface area contributed by atoms with Gasteiger partial charge in [0, 0.05) is 5.69 Å². The van der Waals surface area contributed by atoms with Crippen LogP contribution < -0.4 is 5.73 Å². The Morgan fingerprint density at radius 2 is 2.00 bits per heavy atom. The van der Waals surface area contributed by atoms with Crippen molar-refractivity contribution in [1.82, 2.24) is 14.5 Å². The van der Waals surface area contributed by atoms with E-state index in [2.05, 4.69) is 9.97 Å². The van der Waals surface area contributed by atoms with E-state index in [4.69, 9.17) is 5.73 Å². The number of nitrogen functional groups attached to an aromatic ring is 1. The molecule has 0 fully saturated rings. The molecule has 2 rings (SSSR count). The van der Waals surface area contributed by atoms with Crippen LogP contribution in [0.1, 0.15) is 5.69 Å². The molecule has 0 bridgehead atoms. The molecular formula is C9H9F3N4. The minimum atomic E-state index is -4.34. The fourth-order valence-electron chi connectivity index (χ4n) is 1.45. The summed E-state index contributed by atoms with van der Waals surface area (Å²) in [6, 6.07) is 3.27. The Labute approximate surface area is 88.9 Å². The zero-order valence-corrected chi connectivity index (χ0v) is 8.41. The molecule has 0 aliphatic carbocycles. The van der Waals surface area contributed by atoms with E-state index in [9.17, 15) is 13.2 Å². The Bertz CT molecular complexity index is 529. The number of aryl methyl sites for hydroxylation is 1. The maximum Gasteiger partial charge on any atom is 0.406 e. The Morgan fingerprint density at radius 3 is 2.62 bits per heavy atom. The molecule has 0 spiro atoms. The largest absolute Gasteiger partial charge is 0.406 e. The van der Waals surface area contributed by atoms with Crippen LogP contribution in [0, 0.1) is 6.92 Å². The van der Waals surface area contributed by atoms with Gasteiger partial charge >= 0.3 is 6.18 Å². The van der Waals surface area contributed by atoms with Gasteiger partial charge in [-0.2, -0.15) is 13.2 Å². The van der Waals surface area contributed by atoms with Crippen molar-refractivity contribution in [3.8, 4) is 0 Å². The standard InChI is InChI=1S/C9H9F3N4/c1-5-2-3-6-7(14-5)16(8(13)15-6)4-9(10,11)12/h2-3H,4H2,1H3,(H2,13,15). The minimum absolute atomic E-state index is 0.162. The third kappa shape index (κ3) is 1.93. The van der Waals surface area contributed by atoms with Gasteiger partial charge in [0.2, 0.25) is 5.95 Å². The number of rotatable bonds is 1. The van der Waals surface area contributed by atoms with Crippen molar-refractivity contribution in [2.24, 2.45) is 0 Å². The Kier molecular flexibility index (Phi) is 2.25. The summed E-state index contributed by atoms with van der Waals surface area (Å²) in [7, 11) is 0. The molecule has 0 radical (unpaired) electrons. The predicted molar refractivity (Wildman–Crippen MR) is 52.7 cm³/mol. The molecule has 0 saturated heterocycles. The first-order valence-electron chi connectivity index (χ1n) is 4.53. The molecule has 0 saturated carbocycles. The predicted octanol–water partition coefficient (Wildman–Crippen LogP) is 1.88. The van der Waals surface area contributed by atoms with Crippen molar-refractivity contribution >= 4 is 17.1 Å². The summed E-state index contributed by atoms with van der Waals surface area (Å²) in [5.41, 5.74) is 6.57. The fourth-order valence-corrected chi connectivity index (χ4v) is 1.45. The number of hydrogen-bond acceptors (Lipinski definition) is 3. The highest BCUT2D eigenvalue weighted by atomic mass is 19.4. The second-order valence-corrected chi connectivity index (χ2v) is 3.47. The lowest BCUT2D eigenvalue weighted by Crippen LogP contribution is -2.19. The van der Waals surface area contributed by atoms with Crippen LogP contribution in [0.5, 0.6) is 0 Å². The number of pyridine rings is 1. The van der Waals surface area contributed by atoms with Crippen molar-refractivity contribution in [1.29, 1.82) is 0 Å². The number of nitrogens with two attached hydrogens (primary N) is 1. The van der Waals surface area contributed by atoms with E-state index in [-0.39, 0.29) is 11.6 Å². The van der Waals surface area contributed by atoms with E-state index in [1.807, 2.05) is 0 Å². The first-order valence-corrected chi connectivity index (χ1v) is 4.53. The summed E-state index contributed by atoms with van der Waals surface area (Å²) < 4.78 is 37.7. The van der Waals surface area contributed by atoms with Crippen LogP contribution in [0.2, 0.25) is 0 Å². The molecule has 2 aromatic heterocycles. The first-order chi connectivity index (χ1) is 7.37. The second kappa shape index (κ2) is 3.36. The van der Waals surface area contributed by atoms with E-state index >= 15 is 0 Å². The van der Waals surface area contributed by atoms with Crippen LogP contribution >= 0.6 is 0 Å². The van der Waals surface area contributed by atoms with E-state index < -0.39 is 12.7 Å². The summed E-state index contributed by atoms with van der Waals surface area (Å²) >= 11 is 0. The molecule has 7 heteroatoms. The topological polar surface area (TPSA) is 56.7 Å². The van der Waals surface area contributed by atoms with Gasteiger partial charge in [0.1, 0.15) is 12.1 Å². The van der Waals surface area contributed by atoms with Gasteiger partial charge in [-0.05, 0) is 19.1 Å². The van der Waals surface area contributed by atoms with Gasteiger partial charge < -0.3 is 5.73 Å².